The molecule has 1 N–H and O–H groups in total. The van der Waals surface area contributed by atoms with E-state index < -0.39 is 18.2 Å². The van der Waals surface area contributed by atoms with Gasteiger partial charge in [-0.3, -0.25) is 4.79 Å². The van der Waals surface area contributed by atoms with Crippen molar-refractivity contribution in [1.29, 1.82) is 0 Å². The van der Waals surface area contributed by atoms with Crippen molar-refractivity contribution >= 4 is 11.9 Å². The van der Waals surface area contributed by atoms with E-state index in [9.17, 15) is 22.8 Å². The van der Waals surface area contributed by atoms with E-state index in [2.05, 4.69) is 10.1 Å². The molecular formula is C17H20F3N3O3. The number of nitrogens with one attached hydrogen (secondary N) is 1. The Morgan fingerprint density at radius 3 is 2.88 bits per heavy atom. The van der Waals surface area contributed by atoms with Gasteiger partial charge in [0, 0.05) is 26.7 Å². The van der Waals surface area contributed by atoms with Gasteiger partial charge in [-0.2, -0.15) is 8.78 Å². The second kappa shape index (κ2) is 7.43. The number of amides is 3. The molecule has 0 saturated carbocycles. The second-order valence-electron chi connectivity index (χ2n) is 6.53. The zero-order valence-electron chi connectivity index (χ0n) is 14.3. The monoisotopic (exact) mass is 371 g/mol. The number of nitrogens with zero attached hydrogens (tertiary/aromatic N) is 2. The Bertz CT molecular complexity index is 701. The Hall–Kier alpha value is -2.45. The first-order valence-corrected chi connectivity index (χ1v) is 8.39. The predicted molar refractivity (Wildman–Crippen MR) is 86.1 cm³/mol. The number of hydrogen-bond acceptors (Lipinski definition) is 3. The van der Waals surface area contributed by atoms with Crippen LogP contribution < -0.4 is 10.1 Å². The van der Waals surface area contributed by atoms with Crippen LogP contribution in [0.2, 0.25) is 0 Å². The Kier molecular flexibility index (Phi) is 5.24. The van der Waals surface area contributed by atoms with Gasteiger partial charge in [0.2, 0.25) is 5.91 Å². The van der Waals surface area contributed by atoms with Crippen LogP contribution in [0.4, 0.5) is 18.0 Å². The molecule has 0 unspecified atom stereocenters. The molecule has 9 heteroatoms. The van der Waals surface area contributed by atoms with Crippen LogP contribution in [0.3, 0.4) is 0 Å². The fraction of sp³-hybridized carbons (Fsp3) is 0.529. The zero-order chi connectivity index (χ0) is 18.8. The molecule has 2 fully saturated rings. The van der Waals surface area contributed by atoms with Gasteiger partial charge in [-0.15, -0.1) is 0 Å². The van der Waals surface area contributed by atoms with Gasteiger partial charge in [-0.05, 0) is 30.5 Å². The molecule has 0 aromatic heterocycles. The summed E-state index contributed by atoms with van der Waals surface area (Å²) in [6, 6.07) is 3.08. The summed E-state index contributed by atoms with van der Waals surface area (Å²) in [6.07, 6.45) is 1.52. The van der Waals surface area contributed by atoms with E-state index in [1.165, 1.54) is 6.07 Å². The van der Waals surface area contributed by atoms with Gasteiger partial charge in [0.25, 0.3) is 0 Å². The molecule has 26 heavy (non-hydrogen) atoms. The molecule has 6 nitrogen and oxygen atoms in total. The highest BCUT2D eigenvalue weighted by Crippen LogP contribution is 2.31. The average molecular weight is 371 g/mol. The van der Waals surface area contributed by atoms with E-state index in [1.54, 1.807) is 16.8 Å². The van der Waals surface area contributed by atoms with E-state index in [0.29, 0.717) is 18.7 Å². The molecular weight excluding hydrogens is 351 g/mol. The molecule has 2 aliphatic rings. The quantitative estimate of drug-likeness (QED) is 0.883. The number of ether oxygens (including phenoxy) is 1. The SMILES string of the molecule is CN1C[C@@H]2[C@@H](CCCN2C(=O)NCc2ccc(OC(F)F)c(F)c2)C1=O. The Morgan fingerprint density at radius 2 is 2.19 bits per heavy atom. The molecule has 2 aliphatic heterocycles. The second-order valence-corrected chi connectivity index (χ2v) is 6.53. The number of likely N-dealkylation sites (N-methyl/N-ethyl adjacent to an activating group) is 1. The number of halogens is 3. The molecule has 1 aromatic carbocycles. The lowest BCUT2D eigenvalue weighted by Gasteiger charge is -2.35. The third-order valence-corrected chi connectivity index (χ3v) is 4.85. The maximum absolute atomic E-state index is 13.7. The van der Waals surface area contributed by atoms with E-state index in [4.69, 9.17) is 0 Å². The number of carbonyl (C=O) groups is 2. The topological polar surface area (TPSA) is 61.9 Å². The largest absolute Gasteiger partial charge is 0.432 e. The minimum atomic E-state index is -3.10. The van der Waals surface area contributed by atoms with Gasteiger partial charge in [0.1, 0.15) is 0 Å². The molecule has 0 radical (unpaired) electrons. The minimum Gasteiger partial charge on any atom is -0.432 e. The molecule has 2 saturated heterocycles. The van der Waals surface area contributed by atoms with Crippen molar-refractivity contribution in [2.24, 2.45) is 5.92 Å². The lowest BCUT2D eigenvalue weighted by Crippen LogP contribution is -2.52. The predicted octanol–water partition coefficient (Wildman–Crippen LogP) is 2.19. The van der Waals surface area contributed by atoms with Crippen LogP contribution >= 0.6 is 0 Å². The van der Waals surface area contributed by atoms with Gasteiger partial charge in [0.05, 0.1) is 12.0 Å². The van der Waals surface area contributed by atoms with Crippen LogP contribution in [0, 0.1) is 11.7 Å². The lowest BCUT2D eigenvalue weighted by atomic mass is 9.92. The first-order valence-electron chi connectivity index (χ1n) is 8.39. The van der Waals surface area contributed by atoms with E-state index in [1.807, 2.05) is 0 Å². The molecule has 3 amide bonds. The Balaban J connectivity index is 1.60. The molecule has 2 atom stereocenters. The molecule has 3 rings (SSSR count). The minimum absolute atomic E-state index is 0.0440. The third kappa shape index (κ3) is 3.71. The first kappa shape index (κ1) is 18.3. The van der Waals surface area contributed by atoms with Crippen molar-refractivity contribution in [3.05, 3.63) is 29.6 Å². The fourth-order valence-corrected chi connectivity index (χ4v) is 3.60. The lowest BCUT2D eigenvalue weighted by molar-refractivity contribution is -0.130. The average Bonchev–Trinajstić information content (AvgIpc) is 2.89. The summed E-state index contributed by atoms with van der Waals surface area (Å²) in [5.74, 6) is -1.56. The molecule has 142 valence electrons. The molecule has 0 aliphatic carbocycles. The van der Waals surface area contributed by atoms with Crippen LogP contribution in [0.1, 0.15) is 18.4 Å². The van der Waals surface area contributed by atoms with Crippen molar-refractivity contribution < 1.29 is 27.5 Å². The summed E-state index contributed by atoms with van der Waals surface area (Å²) in [4.78, 5) is 27.9. The molecule has 0 spiro atoms. The summed E-state index contributed by atoms with van der Waals surface area (Å²) in [7, 11) is 1.72. The highest BCUT2D eigenvalue weighted by atomic mass is 19.3. The van der Waals surface area contributed by atoms with Crippen LogP contribution in [0.15, 0.2) is 18.2 Å². The number of likely N-dealkylation sites (tertiary alicyclic amines) is 2. The Morgan fingerprint density at radius 1 is 1.42 bits per heavy atom. The van der Waals surface area contributed by atoms with Gasteiger partial charge >= 0.3 is 12.6 Å². The summed E-state index contributed by atoms with van der Waals surface area (Å²) in [6.45, 7) is -1.99. The number of rotatable bonds is 4. The third-order valence-electron chi connectivity index (χ3n) is 4.85. The van der Waals surface area contributed by atoms with Gasteiger partial charge in [0.15, 0.2) is 11.6 Å². The zero-order valence-corrected chi connectivity index (χ0v) is 14.3. The number of hydrogen-bond donors (Lipinski definition) is 1. The molecule has 2 heterocycles. The smallest absolute Gasteiger partial charge is 0.387 e. The first-order chi connectivity index (χ1) is 12.4. The number of benzene rings is 1. The van der Waals surface area contributed by atoms with Gasteiger partial charge < -0.3 is 19.9 Å². The molecule has 0 bridgehead atoms. The van der Waals surface area contributed by atoms with Crippen molar-refractivity contribution in [2.45, 2.75) is 32.0 Å². The van der Waals surface area contributed by atoms with Crippen LogP contribution in [0.25, 0.3) is 0 Å². The van der Waals surface area contributed by atoms with Crippen LogP contribution in [-0.2, 0) is 11.3 Å². The number of piperidine rings is 1. The van der Waals surface area contributed by atoms with Crippen LogP contribution in [0.5, 0.6) is 5.75 Å². The maximum atomic E-state index is 13.7. The molecule has 1 aromatic rings. The van der Waals surface area contributed by atoms with E-state index >= 15 is 0 Å². The van der Waals surface area contributed by atoms with Crippen molar-refractivity contribution in [3.8, 4) is 5.75 Å². The summed E-state index contributed by atoms with van der Waals surface area (Å²) in [5.41, 5.74) is 0.422. The van der Waals surface area contributed by atoms with Crippen LogP contribution in [-0.4, -0.2) is 54.5 Å². The van der Waals surface area contributed by atoms with E-state index in [0.717, 1.165) is 25.0 Å². The van der Waals surface area contributed by atoms with Crippen molar-refractivity contribution in [3.63, 3.8) is 0 Å². The van der Waals surface area contributed by atoms with Gasteiger partial charge in [-0.25, -0.2) is 9.18 Å². The normalized spacial score (nSPS) is 22.6. The summed E-state index contributed by atoms with van der Waals surface area (Å²) < 4.78 is 42.1. The summed E-state index contributed by atoms with van der Waals surface area (Å²) >= 11 is 0. The number of urea groups is 1. The van der Waals surface area contributed by atoms with E-state index in [-0.39, 0.29) is 30.4 Å². The van der Waals surface area contributed by atoms with Crippen molar-refractivity contribution in [1.82, 2.24) is 15.1 Å². The maximum Gasteiger partial charge on any atom is 0.387 e. The fourth-order valence-electron chi connectivity index (χ4n) is 3.60. The summed E-state index contributed by atoms with van der Waals surface area (Å²) in [5, 5.41) is 2.70. The number of alkyl halides is 2. The Labute approximate surface area is 148 Å². The highest BCUT2D eigenvalue weighted by Gasteiger charge is 2.45. The number of carbonyl (C=O) groups excluding carboxylic acids is 2. The van der Waals surface area contributed by atoms with Crippen molar-refractivity contribution in [2.75, 3.05) is 20.1 Å². The number of fused-ring (bicyclic) bond motifs is 1. The highest BCUT2D eigenvalue weighted by molar-refractivity contribution is 5.84. The standard InChI is InChI=1S/C17H20F3N3O3/c1-22-9-13-11(15(22)24)3-2-6-23(13)17(25)21-8-10-4-5-14(12(18)7-10)26-16(19)20/h4-5,7,11,13,16H,2-3,6,8-9H2,1H3,(H,21,25)/t11-,13-/m1/s1. The van der Waals surface area contributed by atoms with Gasteiger partial charge in [-0.1, -0.05) is 6.07 Å².